The number of nitro groups is 1. The van der Waals surface area contributed by atoms with Gasteiger partial charge in [0.1, 0.15) is 5.75 Å². The number of nitrogens with zero attached hydrogens (tertiary/aromatic N) is 1. The molecule has 0 saturated heterocycles. The maximum Gasteiger partial charge on any atom is 0.255 e. The van der Waals surface area contributed by atoms with Gasteiger partial charge in [-0.25, -0.2) is 0 Å². The van der Waals surface area contributed by atoms with Crippen LogP contribution in [0.2, 0.25) is 0 Å². The summed E-state index contributed by atoms with van der Waals surface area (Å²) in [5, 5.41) is 10.6. The number of benzene rings is 1. The first-order valence-corrected chi connectivity index (χ1v) is 5.39. The Kier molecular flexibility index (Phi) is 4.86. The molecule has 0 aromatic heterocycles. The van der Waals surface area contributed by atoms with E-state index in [2.05, 4.69) is 0 Å². The Hall–Kier alpha value is -2.37. The van der Waals surface area contributed by atoms with E-state index in [1.54, 1.807) is 31.2 Å². The number of primary amides is 1. The summed E-state index contributed by atoms with van der Waals surface area (Å²) in [5.41, 5.74) is 5.78. The van der Waals surface area contributed by atoms with Gasteiger partial charge in [-0.1, -0.05) is 19.1 Å². The van der Waals surface area contributed by atoms with Crippen LogP contribution in [-0.2, 0) is 4.79 Å². The topological polar surface area (TPSA) is 95.5 Å². The third-order valence-electron chi connectivity index (χ3n) is 2.19. The van der Waals surface area contributed by atoms with E-state index in [0.29, 0.717) is 17.7 Å². The van der Waals surface area contributed by atoms with Crippen molar-refractivity contribution in [2.45, 2.75) is 13.3 Å². The predicted molar refractivity (Wildman–Crippen MR) is 66.4 cm³/mol. The standard InChI is InChI=1S/C12H14N2O4/c1-2-10(14(16)17)7-9-3-5-11(6-4-9)18-8-12(13)15/h3-7H,2,8H2,1H3,(H2,13,15). The molecule has 0 aliphatic carbocycles. The molecule has 6 nitrogen and oxygen atoms in total. The van der Waals surface area contributed by atoms with E-state index in [0.717, 1.165) is 0 Å². The lowest BCUT2D eigenvalue weighted by molar-refractivity contribution is -0.425. The van der Waals surface area contributed by atoms with Crippen LogP contribution in [0.1, 0.15) is 18.9 Å². The van der Waals surface area contributed by atoms with Crippen LogP contribution in [0.15, 0.2) is 30.0 Å². The lowest BCUT2D eigenvalue weighted by Gasteiger charge is -2.03. The second-order valence-corrected chi connectivity index (χ2v) is 3.57. The first kappa shape index (κ1) is 13.7. The summed E-state index contributed by atoms with van der Waals surface area (Å²) < 4.78 is 5.07. The van der Waals surface area contributed by atoms with E-state index in [9.17, 15) is 14.9 Å². The van der Waals surface area contributed by atoms with Crippen LogP contribution in [0, 0.1) is 10.1 Å². The van der Waals surface area contributed by atoms with Crippen LogP contribution in [0.5, 0.6) is 5.75 Å². The molecule has 0 bridgehead atoms. The number of rotatable bonds is 6. The molecule has 1 rings (SSSR count). The molecule has 0 atom stereocenters. The summed E-state index contributed by atoms with van der Waals surface area (Å²) >= 11 is 0. The Morgan fingerprint density at radius 1 is 1.44 bits per heavy atom. The van der Waals surface area contributed by atoms with Gasteiger partial charge in [-0.15, -0.1) is 0 Å². The summed E-state index contributed by atoms with van der Waals surface area (Å²) in [6.07, 6.45) is 1.85. The van der Waals surface area contributed by atoms with Crippen molar-refractivity contribution in [3.05, 3.63) is 45.6 Å². The van der Waals surface area contributed by atoms with Gasteiger partial charge in [-0.2, -0.15) is 0 Å². The van der Waals surface area contributed by atoms with Gasteiger partial charge in [0.05, 0.1) is 4.92 Å². The Balaban J connectivity index is 2.76. The number of hydrogen-bond donors (Lipinski definition) is 1. The smallest absolute Gasteiger partial charge is 0.255 e. The minimum absolute atomic E-state index is 0.140. The van der Waals surface area contributed by atoms with E-state index >= 15 is 0 Å². The molecule has 1 aromatic carbocycles. The normalized spacial score (nSPS) is 11.1. The summed E-state index contributed by atoms with van der Waals surface area (Å²) in [5.74, 6) is -0.0642. The number of carbonyl (C=O) groups is 1. The van der Waals surface area contributed by atoms with E-state index in [1.165, 1.54) is 6.08 Å². The third-order valence-corrected chi connectivity index (χ3v) is 2.19. The molecule has 1 amide bonds. The van der Waals surface area contributed by atoms with Crippen molar-refractivity contribution in [1.29, 1.82) is 0 Å². The van der Waals surface area contributed by atoms with Crippen molar-refractivity contribution in [2.24, 2.45) is 5.73 Å². The number of amides is 1. The molecule has 18 heavy (non-hydrogen) atoms. The molecule has 0 aliphatic heterocycles. The third kappa shape index (κ3) is 4.25. The predicted octanol–water partition coefficient (Wildman–Crippen LogP) is 1.58. The molecule has 96 valence electrons. The zero-order valence-electron chi connectivity index (χ0n) is 9.96. The molecule has 0 unspecified atom stereocenters. The van der Waals surface area contributed by atoms with Crippen molar-refractivity contribution in [3.63, 3.8) is 0 Å². The highest BCUT2D eigenvalue weighted by Gasteiger charge is 2.07. The lowest BCUT2D eigenvalue weighted by Crippen LogP contribution is -2.19. The Bertz CT molecular complexity index is 465. The van der Waals surface area contributed by atoms with Crippen molar-refractivity contribution < 1.29 is 14.5 Å². The zero-order chi connectivity index (χ0) is 13.5. The molecule has 0 radical (unpaired) electrons. The van der Waals surface area contributed by atoms with Gasteiger partial charge < -0.3 is 10.5 Å². The van der Waals surface area contributed by atoms with Crippen LogP contribution < -0.4 is 10.5 Å². The largest absolute Gasteiger partial charge is 0.484 e. The highest BCUT2D eigenvalue weighted by molar-refractivity contribution is 5.75. The average molecular weight is 250 g/mol. The molecule has 0 spiro atoms. The molecular formula is C12H14N2O4. The van der Waals surface area contributed by atoms with Gasteiger partial charge in [-0.05, 0) is 17.7 Å². The molecular weight excluding hydrogens is 236 g/mol. The van der Waals surface area contributed by atoms with Crippen LogP contribution in [-0.4, -0.2) is 17.4 Å². The SMILES string of the molecule is CCC(=Cc1ccc(OCC(N)=O)cc1)[N+](=O)[O-]. The lowest BCUT2D eigenvalue weighted by atomic mass is 10.1. The molecule has 0 aliphatic rings. The van der Waals surface area contributed by atoms with Gasteiger partial charge in [0.2, 0.25) is 5.70 Å². The summed E-state index contributed by atoms with van der Waals surface area (Å²) in [6, 6.07) is 6.61. The molecule has 0 heterocycles. The Labute approximate surface area is 104 Å². The fourth-order valence-corrected chi connectivity index (χ4v) is 1.29. The zero-order valence-corrected chi connectivity index (χ0v) is 9.96. The second-order valence-electron chi connectivity index (χ2n) is 3.57. The number of allylic oxidation sites excluding steroid dienone is 1. The Morgan fingerprint density at radius 2 is 2.06 bits per heavy atom. The van der Waals surface area contributed by atoms with Gasteiger partial charge >= 0.3 is 0 Å². The van der Waals surface area contributed by atoms with Crippen molar-refractivity contribution in [2.75, 3.05) is 6.61 Å². The van der Waals surface area contributed by atoms with Gasteiger partial charge in [0.15, 0.2) is 6.61 Å². The van der Waals surface area contributed by atoms with E-state index in [-0.39, 0.29) is 12.3 Å². The van der Waals surface area contributed by atoms with Crippen molar-refractivity contribution in [1.82, 2.24) is 0 Å². The van der Waals surface area contributed by atoms with E-state index < -0.39 is 10.8 Å². The molecule has 6 heteroatoms. The van der Waals surface area contributed by atoms with Gasteiger partial charge in [0, 0.05) is 12.5 Å². The maximum atomic E-state index is 10.6. The van der Waals surface area contributed by atoms with Crippen molar-refractivity contribution in [3.8, 4) is 5.75 Å². The van der Waals surface area contributed by atoms with Crippen LogP contribution >= 0.6 is 0 Å². The van der Waals surface area contributed by atoms with Crippen molar-refractivity contribution >= 4 is 12.0 Å². The van der Waals surface area contributed by atoms with Gasteiger partial charge in [0.25, 0.3) is 5.91 Å². The number of nitrogens with two attached hydrogens (primary N) is 1. The second kappa shape index (κ2) is 6.39. The first-order chi connectivity index (χ1) is 8.52. The fraction of sp³-hybridized carbons (Fsp3) is 0.250. The number of carbonyl (C=O) groups excluding carboxylic acids is 1. The molecule has 2 N–H and O–H groups in total. The van der Waals surface area contributed by atoms with Gasteiger partial charge in [-0.3, -0.25) is 14.9 Å². The number of ether oxygens (including phenoxy) is 1. The maximum absolute atomic E-state index is 10.6. The van der Waals surface area contributed by atoms with Crippen LogP contribution in [0.4, 0.5) is 0 Å². The molecule has 1 aromatic rings. The van der Waals surface area contributed by atoms with Crippen LogP contribution in [0.3, 0.4) is 0 Å². The fourth-order valence-electron chi connectivity index (χ4n) is 1.29. The monoisotopic (exact) mass is 250 g/mol. The summed E-state index contributed by atoms with van der Waals surface area (Å²) in [4.78, 5) is 20.7. The van der Waals surface area contributed by atoms with Crippen LogP contribution in [0.25, 0.3) is 6.08 Å². The number of hydrogen-bond acceptors (Lipinski definition) is 4. The average Bonchev–Trinajstić information content (AvgIpc) is 2.34. The van der Waals surface area contributed by atoms with E-state index in [1.807, 2.05) is 0 Å². The minimum Gasteiger partial charge on any atom is -0.484 e. The highest BCUT2D eigenvalue weighted by Crippen LogP contribution is 2.15. The molecule has 0 saturated carbocycles. The van der Waals surface area contributed by atoms with E-state index in [4.69, 9.17) is 10.5 Å². The highest BCUT2D eigenvalue weighted by atomic mass is 16.6. The first-order valence-electron chi connectivity index (χ1n) is 5.39. The minimum atomic E-state index is -0.555. The quantitative estimate of drug-likeness (QED) is 0.612. The summed E-state index contributed by atoms with van der Waals surface area (Å²) in [7, 11) is 0. The molecule has 0 fully saturated rings. The Morgan fingerprint density at radius 3 is 2.50 bits per heavy atom. The summed E-state index contributed by atoms with van der Waals surface area (Å²) in [6.45, 7) is 1.53.